The van der Waals surface area contributed by atoms with E-state index in [2.05, 4.69) is 0 Å². The standard InChI is InChI=1S/C13H21NO5S/c1-2-14(9-6-7-20(18,19)8-9)12(15)10-4-3-5-11(10)13(16)17/h9-11H,2-8H2,1H3,(H,16,17). The highest BCUT2D eigenvalue weighted by molar-refractivity contribution is 7.91. The lowest BCUT2D eigenvalue weighted by molar-refractivity contribution is -0.149. The summed E-state index contributed by atoms with van der Waals surface area (Å²) in [5.41, 5.74) is 0. The van der Waals surface area contributed by atoms with Crippen molar-refractivity contribution in [2.45, 2.75) is 38.6 Å². The van der Waals surface area contributed by atoms with Gasteiger partial charge in [0.25, 0.3) is 0 Å². The predicted molar refractivity (Wildman–Crippen MR) is 72.9 cm³/mol. The third-order valence-electron chi connectivity index (χ3n) is 4.42. The van der Waals surface area contributed by atoms with Gasteiger partial charge in [-0.3, -0.25) is 9.59 Å². The van der Waals surface area contributed by atoms with E-state index in [9.17, 15) is 18.0 Å². The summed E-state index contributed by atoms with van der Waals surface area (Å²) in [6, 6.07) is -0.285. The van der Waals surface area contributed by atoms with Crippen LogP contribution in [0.25, 0.3) is 0 Å². The molecule has 20 heavy (non-hydrogen) atoms. The van der Waals surface area contributed by atoms with Crippen LogP contribution in [0.2, 0.25) is 0 Å². The smallest absolute Gasteiger partial charge is 0.307 e. The summed E-state index contributed by atoms with van der Waals surface area (Å²) in [5, 5.41) is 9.17. The van der Waals surface area contributed by atoms with Crippen molar-refractivity contribution in [3.63, 3.8) is 0 Å². The summed E-state index contributed by atoms with van der Waals surface area (Å²) in [7, 11) is -3.05. The minimum atomic E-state index is -3.05. The second-order valence-electron chi connectivity index (χ2n) is 5.66. The van der Waals surface area contributed by atoms with Crippen LogP contribution in [0, 0.1) is 11.8 Å². The number of carbonyl (C=O) groups is 2. The average molecular weight is 303 g/mol. The highest BCUT2D eigenvalue weighted by atomic mass is 32.2. The first kappa shape index (κ1) is 15.3. The van der Waals surface area contributed by atoms with Crippen LogP contribution in [0.1, 0.15) is 32.6 Å². The summed E-state index contributed by atoms with van der Waals surface area (Å²) >= 11 is 0. The van der Waals surface area contributed by atoms with Gasteiger partial charge in [-0.15, -0.1) is 0 Å². The predicted octanol–water partition coefficient (Wildman–Crippen LogP) is 0.523. The molecule has 1 heterocycles. The van der Waals surface area contributed by atoms with Gasteiger partial charge in [0.05, 0.1) is 23.3 Å². The molecule has 1 aliphatic heterocycles. The zero-order valence-electron chi connectivity index (χ0n) is 11.6. The Labute approximate surface area is 119 Å². The van der Waals surface area contributed by atoms with Gasteiger partial charge in [-0.05, 0) is 26.2 Å². The highest BCUT2D eigenvalue weighted by Crippen LogP contribution is 2.34. The van der Waals surface area contributed by atoms with Crippen LogP contribution < -0.4 is 0 Å². The number of nitrogens with zero attached hydrogens (tertiary/aromatic N) is 1. The van der Waals surface area contributed by atoms with Crippen molar-refractivity contribution in [2.75, 3.05) is 18.1 Å². The maximum atomic E-state index is 12.6. The molecule has 0 radical (unpaired) electrons. The monoisotopic (exact) mass is 303 g/mol. The molecule has 3 unspecified atom stereocenters. The maximum absolute atomic E-state index is 12.6. The van der Waals surface area contributed by atoms with Gasteiger partial charge < -0.3 is 10.0 Å². The normalized spacial score (nSPS) is 32.1. The summed E-state index contributed by atoms with van der Waals surface area (Å²) in [6.45, 7) is 2.25. The molecule has 0 bridgehead atoms. The van der Waals surface area contributed by atoms with Crippen LogP contribution in [0.3, 0.4) is 0 Å². The molecule has 2 fully saturated rings. The van der Waals surface area contributed by atoms with E-state index < -0.39 is 27.6 Å². The van der Waals surface area contributed by atoms with E-state index in [1.165, 1.54) is 0 Å². The van der Waals surface area contributed by atoms with Crippen LogP contribution in [0.5, 0.6) is 0 Å². The molecule has 0 aromatic rings. The van der Waals surface area contributed by atoms with Crippen LogP contribution in [-0.2, 0) is 19.4 Å². The molecular weight excluding hydrogens is 282 g/mol. The Balaban J connectivity index is 2.11. The van der Waals surface area contributed by atoms with Crippen molar-refractivity contribution in [1.29, 1.82) is 0 Å². The molecule has 7 heteroatoms. The van der Waals surface area contributed by atoms with Crippen LogP contribution in [0.4, 0.5) is 0 Å². The lowest BCUT2D eigenvalue weighted by Gasteiger charge is -2.30. The largest absolute Gasteiger partial charge is 0.481 e. The van der Waals surface area contributed by atoms with Crippen LogP contribution in [-0.4, -0.2) is 54.4 Å². The number of carboxylic acids is 1. The van der Waals surface area contributed by atoms with Crippen molar-refractivity contribution in [3.05, 3.63) is 0 Å². The molecular formula is C13H21NO5S. The van der Waals surface area contributed by atoms with Gasteiger partial charge in [-0.1, -0.05) is 6.42 Å². The van der Waals surface area contributed by atoms with E-state index >= 15 is 0 Å². The third-order valence-corrected chi connectivity index (χ3v) is 6.17. The Hall–Kier alpha value is -1.11. The van der Waals surface area contributed by atoms with Gasteiger partial charge in [0.1, 0.15) is 0 Å². The summed E-state index contributed by atoms with van der Waals surface area (Å²) in [6.07, 6.45) is 2.33. The number of amides is 1. The Morgan fingerprint density at radius 3 is 2.35 bits per heavy atom. The Morgan fingerprint density at radius 2 is 1.85 bits per heavy atom. The zero-order valence-corrected chi connectivity index (χ0v) is 12.4. The van der Waals surface area contributed by atoms with Crippen molar-refractivity contribution in [1.82, 2.24) is 4.90 Å². The average Bonchev–Trinajstić information content (AvgIpc) is 2.96. The van der Waals surface area contributed by atoms with Gasteiger partial charge >= 0.3 is 5.97 Å². The lowest BCUT2D eigenvalue weighted by atomic mass is 9.94. The van der Waals surface area contributed by atoms with Gasteiger partial charge in [0, 0.05) is 12.6 Å². The Morgan fingerprint density at radius 1 is 1.20 bits per heavy atom. The molecule has 6 nitrogen and oxygen atoms in total. The van der Waals surface area contributed by atoms with Crippen LogP contribution >= 0.6 is 0 Å². The molecule has 1 saturated heterocycles. The highest BCUT2D eigenvalue weighted by Gasteiger charge is 2.42. The molecule has 3 atom stereocenters. The van der Waals surface area contributed by atoms with Gasteiger partial charge in [0.2, 0.25) is 5.91 Å². The van der Waals surface area contributed by atoms with Crippen molar-refractivity contribution >= 4 is 21.7 Å². The number of hydrogen-bond donors (Lipinski definition) is 1. The molecule has 0 aromatic heterocycles. The lowest BCUT2D eigenvalue weighted by Crippen LogP contribution is -2.45. The molecule has 114 valence electrons. The quantitative estimate of drug-likeness (QED) is 0.817. The van der Waals surface area contributed by atoms with Gasteiger partial charge in [-0.25, -0.2) is 8.42 Å². The first-order valence-corrected chi connectivity index (χ1v) is 8.91. The number of carbonyl (C=O) groups excluding carboxylic acids is 1. The van der Waals surface area contributed by atoms with Crippen molar-refractivity contribution in [3.8, 4) is 0 Å². The molecule has 0 spiro atoms. The second kappa shape index (κ2) is 5.71. The number of rotatable bonds is 4. The fourth-order valence-corrected chi connectivity index (χ4v) is 5.11. The molecule has 1 amide bonds. The Bertz CT molecular complexity index is 501. The first-order valence-electron chi connectivity index (χ1n) is 7.09. The first-order chi connectivity index (χ1) is 9.35. The van der Waals surface area contributed by atoms with Gasteiger partial charge in [-0.2, -0.15) is 0 Å². The summed E-state index contributed by atoms with van der Waals surface area (Å²) < 4.78 is 23.1. The third kappa shape index (κ3) is 2.97. The van der Waals surface area contributed by atoms with Crippen molar-refractivity contribution < 1.29 is 23.1 Å². The topological polar surface area (TPSA) is 91.8 Å². The van der Waals surface area contributed by atoms with E-state index in [1.807, 2.05) is 6.92 Å². The SMILES string of the molecule is CCN(C(=O)C1CCCC1C(=O)O)C1CCS(=O)(=O)C1. The van der Waals surface area contributed by atoms with E-state index in [0.717, 1.165) is 6.42 Å². The summed E-state index contributed by atoms with van der Waals surface area (Å²) in [5.74, 6) is -2.08. The maximum Gasteiger partial charge on any atom is 0.307 e. The molecule has 1 aliphatic carbocycles. The molecule has 1 saturated carbocycles. The van der Waals surface area contributed by atoms with E-state index in [0.29, 0.717) is 25.8 Å². The number of hydrogen-bond acceptors (Lipinski definition) is 4. The molecule has 2 rings (SSSR count). The zero-order chi connectivity index (χ0) is 14.9. The Kier molecular flexibility index (Phi) is 4.36. The molecule has 1 N–H and O–H groups in total. The van der Waals surface area contributed by atoms with E-state index in [1.54, 1.807) is 4.90 Å². The number of aliphatic carboxylic acids is 1. The van der Waals surface area contributed by atoms with Crippen molar-refractivity contribution in [2.24, 2.45) is 11.8 Å². The number of carboxylic acid groups (broad SMARTS) is 1. The second-order valence-corrected chi connectivity index (χ2v) is 7.89. The van der Waals surface area contributed by atoms with E-state index in [-0.39, 0.29) is 23.5 Å². The summed E-state index contributed by atoms with van der Waals surface area (Å²) in [4.78, 5) is 25.3. The van der Waals surface area contributed by atoms with E-state index in [4.69, 9.17) is 5.11 Å². The minimum absolute atomic E-state index is 0.0110. The molecule has 0 aromatic carbocycles. The fourth-order valence-electron chi connectivity index (χ4n) is 3.38. The van der Waals surface area contributed by atoms with Crippen LogP contribution in [0.15, 0.2) is 0 Å². The molecule has 2 aliphatic rings. The van der Waals surface area contributed by atoms with Gasteiger partial charge in [0.15, 0.2) is 9.84 Å². The minimum Gasteiger partial charge on any atom is -0.481 e. The number of sulfone groups is 1. The fraction of sp³-hybridized carbons (Fsp3) is 0.846.